The lowest BCUT2D eigenvalue weighted by atomic mass is 10.1. The van der Waals surface area contributed by atoms with Crippen LogP contribution in [0.1, 0.15) is 22.0 Å². The van der Waals surface area contributed by atoms with Crippen LogP contribution in [0.25, 0.3) is 0 Å². The molecule has 0 radical (unpaired) electrons. The van der Waals surface area contributed by atoms with Crippen LogP contribution in [0.5, 0.6) is 0 Å². The first kappa shape index (κ1) is 18.5. The van der Waals surface area contributed by atoms with E-state index >= 15 is 0 Å². The molecular formula is C21H23BrN2O3. The molecule has 0 aliphatic carbocycles. The summed E-state index contributed by atoms with van der Waals surface area (Å²) in [6.07, 6.45) is -0.0913. The summed E-state index contributed by atoms with van der Waals surface area (Å²) in [6, 6.07) is 16.0. The van der Waals surface area contributed by atoms with Crippen molar-refractivity contribution < 1.29 is 14.3 Å². The number of para-hydroxylation sites is 1. The zero-order valence-corrected chi connectivity index (χ0v) is 16.7. The maximum Gasteiger partial charge on any atom is 0.256 e. The molecule has 2 aromatic carbocycles. The van der Waals surface area contributed by atoms with Crippen LogP contribution in [-0.2, 0) is 9.47 Å². The molecule has 2 fully saturated rings. The van der Waals surface area contributed by atoms with Crippen LogP contribution in [0.4, 0.5) is 5.69 Å². The normalized spacial score (nSPS) is 20.6. The maximum absolute atomic E-state index is 13.3. The molecule has 2 aliphatic rings. The Morgan fingerprint density at radius 2 is 1.70 bits per heavy atom. The Balaban J connectivity index is 1.53. The maximum atomic E-state index is 13.3. The second kappa shape index (κ2) is 8.42. The molecule has 0 N–H and O–H groups in total. The molecule has 2 heterocycles. The van der Waals surface area contributed by atoms with Crippen molar-refractivity contribution in [2.75, 3.05) is 50.9 Å². The zero-order valence-electron chi connectivity index (χ0n) is 15.1. The summed E-state index contributed by atoms with van der Waals surface area (Å²) in [5, 5.41) is 0. The van der Waals surface area contributed by atoms with E-state index in [4.69, 9.17) is 9.47 Å². The molecule has 0 saturated carbocycles. The van der Waals surface area contributed by atoms with Crippen LogP contribution >= 0.6 is 15.9 Å². The number of carbonyl (C=O) groups is 1. The summed E-state index contributed by atoms with van der Waals surface area (Å²) in [4.78, 5) is 17.5. The zero-order chi connectivity index (χ0) is 18.6. The smallest absolute Gasteiger partial charge is 0.256 e. The molecule has 0 spiro atoms. The highest BCUT2D eigenvalue weighted by Crippen LogP contribution is 2.27. The Morgan fingerprint density at radius 3 is 2.48 bits per heavy atom. The number of ether oxygens (including phenoxy) is 2. The van der Waals surface area contributed by atoms with Crippen LogP contribution in [0.15, 0.2) is 53.0 Å². The quantitative estimate of drug-likeness (QED) is 0.746. The highest BCUT2D eigenvalue weighted by atomic mass is 79.9. The van der Waals surface area contributed by atoms with E-state index in [1.807, 2.05) is 53.4 Å². The summed E-state index contributed by atoms with van der Waals surface area (Å²) >= 11 is 3.46. The molecule has 142 valence electrons. The van der Waals surface area contributed by atoms with Crippen molar-refractivity contribution in [1.29, 1.82) is 0 Å². The average Bonchev–Trinajstić information content (AvgIpc) is 2.74. The number of rotatable bonds is 3. The van der Waals surface area contributed by atoms with Gasteiger partial charge in [0.2, 0.25) is 0 Å². The Hall–Kier alpha value is -1.89. The summed E-state index contributed by atoms with van der Waals surface area (Å²) < 4.78 is 12.4. The van der Waals surface area contributed by atoms with Gasteiger partial charge in [-0.15, -0.1) is 0 Å². The third kappa shape index (κ3) is 4.18. The molecule has 1 amide bonds. The number of halogens is 1. The topological polar surface area (TPSA) is 42.0 Å². The third-order valence-corrected chi connectivity index (χ3v) is 5.61. The first-order chi connectivity index (χ1) is 13.2. The molecular weight excluding hydrogens is 408 g/mol. The van der Waals surface area contributed by atoms with Crippen LogP contribution in [0.3, 0.4) is 0 Å². The van der Waals surface area contributed by atoms with E-state index < -0.39 is 0 Å². The van der Waals surface area contributed by atoms with E-state index in [0.29, 0.717) is 32.9 Å². The lowest BCUT2D eigenvalue weighted by Gasteiger charge is -2.35. The number of hydrogen-bond acceptors (Lipinski definition) is 4. The minimum absolute atomic E-state index is 0.0718. The Morgan fingerprint density at radius 1 is 0.963 bits per heavy atom. The van der Waals surface area contributed by atoms with Crippen LogP contribution in [-0.4, -0.2) is 56.8 Å². The van der Waals surface area contributed by atoms with Crippen LogP contribution in [0, 0.1) is 0 Å². The first-order valence-electron chi connectivity index (χ1n) is 9.30. The van der Waals surface area contributed by atoms with E-state index in [2.05, 4.69) is 20.8 Å². The summed E-state index contributed by atoms with van der Waals surface area (Å²) in [5.74, 6) is 0.0718. The summed E-state index contributed by atoms with van der Waals surface area (Å²) in [5.41, 5.74) is 2.85. The highest BCUT2D eigenvalue weighted by Gasteiger charge is 2.28. The van der Waals surface area contributed by atoms with Crippen molar-refractivity contribution in [3.8, 4) is 0 Å². The van der Waals surface area contributed by atoms with Crippen molar-refractivity contribution in [2.45, 2.75) is 6.10 Å². The molecule has 4 rings (SSSR count). The van der Waals surface area contributed by atoms with Gasteiger partial charge in [-0.1, -0.05) is 40.2 Å². The number of hydrogen-bond donors (Lipinski definition) is 0. The monoisotopic (exact) mass is 430 g/mol. The van der Waals surface area contributed by atoms with Crippen molar-refractivity contribution in [1.82, 2.24) is 4.90 Å². The predicted molar refractivity (Wildman–Crippen MR) is 108 cm³/mol. The Kier molecular flexibility index (Phi) is 5.76. The average molecular weight is 431 g/mol. The van der Waals surface area contributed by atoms with Crippen molar-refractivity contribution in [3.05, 3.63) is 64.1 Å². The lowest BCUT2D eigenvalue weighted by molar-refractivity contribution is -0.0228. The number of amides is 1. The van der Waals surface area contributed by atoms with E-state index in [0.717, 1.165) is 34.4 Å². The Bertz CT molecular complexity index is 790. The van der Waals surface area contributed by atoms with E-state index in [9.17, 15) is 4.79 Å². The van der Waals surface area contributed by atoms with Gasteiger partial charge in [-0.05, 0) is 29.8 Å². The largest absolute Gasteiger partial charge is 0.378 e. The lowest BCUT2D eigenvalue weighted by Crippen LogP contribution is -2.43. The number of anilines is 1. The van der Waals surface area contributed by atoms with Crippen LogP contribution < -0.4 is 4.90 Å². The van der Waals surface area contributed by atoms with Gasteiger partial charge in [-0.25, -0.2) is 0 Å². The van der Waals surface area contributed by atoms with Crippen molar-refractivity contribution >= 4 is 27.5 Å². The van der Waals surface area contributed by atoms with Gasteiger partial charge in [0.15, 0.2) is 0 Å². The second-order valence-corrected chi connectivity index (χ2v) is 7.69. The second-order valence-electron chi connectivity index (χ2n) is 6.78. The standard InChI is InChI=1S/C21H23BrN2O3/c22-17-7-5-16(6-8-17)20-15-24(11-14-27-20)21(25)18-3-1-2-4-19(18)23-9-12-26-13-10-23/h1-8,20H,9-15H2. The van der Waals surface area contributed by atoms with Gasteiger partial charge in [-0.2, -0.15) is 0 Å². The minimum atomic E-state index is -0.0913. The molecule has 1 atom stereocenters. The number of nitrogens with zero attached hydrogens (tertiary/aromatic N) is 2. The van der Waals surface area contributed by atoms with Gasteiger partial charge in [0.05, 0.1) is 31.9 Å². The molecule has 2 saturated heterocycles. The fourth-order valence-electron chi connectivity index (χ4n) is 3.62. The molecule has 5 nitrogen and oxygen atoms in total. The third-order valence-electron chi connectivity index (χ3n) is 5.08. The van der Waals surface area contributed by atoms with Gasteiger partial charge in [0.1, 0.15) is 6.10 Å². The SMILES string of the molecule is O=C(c1ccccc1N1CCOCC1)N1CCOC(c2ccc(Br)cc2)C1. The number of benzene rings is 2. The van der Waals surface area contributed by atoms with Crippen LogP contribution in [0.2, 0.25) is 0 Å². The molecule has 0 bridgehead atoms. The van der Waals surface area contributed by atoms with E-state index in [1.54, 1.807) is 0 Å². The molecule has 27 heavy (non-hydrogen) atoms. The molecule has 2 aromatic rings. The molecule has 2 aliphatic heterocycles. The van der Waals surface area contributed by atoms with Gasteiger partial charge in [-0.3, -0.25) is 4.79 Å². The molecule has 6 heteroatoms. The van der Waals surface area contributed by atoms with Crippen molar-refractivity contribution in [3.63, 3.8) is 0 Å². The Labute approximate surface area is 168 Å². The summed E-state index contributed by atoms with van der Waals surface area (Å²) in [7, 11) is 0. The highest BCUT2D eigenvalue weighted by molar-refractivity contribution is 9.10. The van der Waals surface area contributed by atoms with Gasteiger partial charge < -0.3 is 19.3 Å². The predicted octanol–water partition coefficient (Wildman–Crippen LogP) is 3.50. The minimum Gasteiger partial charge on any atom is -0.378 e. The van der Waals surface area contributed by atoms with Gasteiger partial charge in [0.25, 0.3) is 5.91 Å². The first-order valence-corrected chi connectivity index (χ1v) is 10.1. The fourth-order valence-corrected chi connectivity index (χ4v) is 3.88. The van der Waals surface area contributed by atoms with Gasteiger partial charge in [0, 0.05) is 29.8 Å². The van der Waals surface area contributed by atoms with Gasteiger partial charge >= 0.3 is 0 Å². The van der Waals surface area contributed by atoms with E-state index in [1.165, 1.54) is 0 Å². The van der Waals surface area contributed by atoms with E-state index in [-0.39, 0.29) is 12.0 Å². The molecule has 1 unspecified atom stereocenters. The number of morpholine rings is 2. The summed E-state index contributed by atoms with van der Waals surface area (Å²) in [6.45, 7) is 4.76. The van der Waals surface area contributed by atoms with Crippen molar-refractivity contribution in [2.24, 2.45) is 0 Å². The number of carbonyl (C=O) groups excluding carboxylic acids is 1. The fraction of sp³-hybridized carbons (Fsp3) is 0.381. The molecule has 0 aromatic heterocycles.